The molecule has 0 saturated carbocycles. The maximum atomic E-state index is 12.0. The van der Waals surface area contributed by atoms with E-state index in [1.807, 2.05) is 0 Å². The lowest BCUT2D eigenvalue weighted by molar-refractivity contribution is -0.384. The Hall–Kier alpha value is -2.24. The lowest BCUT2D eigenvalue weighted by atomic mass is 10.1. The first-order valence-electron chi connectivity index (χ1n) is 6.17. The summed E-state index contributed by atoms with van der Waals surface area (Å²) < 4.78 is 0. The average molecular weight is 262 g/mol. The van der Waals surface area contributed by atoms with E-state index in [1.54, 1.807) is 4.90 Å². The molecule has 1 aliphatic rings. The molecule has 0 bridgehead atoms. The number of Topliss-reactive ketones (excluding diaryl/α,β-unsaturated/α-hetero) is 1. The summed E-state index contributed by atoms with van der Waals surface area (Å²) in [5.74, 6) is -1.12. The van der Waals surface area contributed by atoms with Crippen LogP contribution in [0.2, 0.25) is 0 Å². The standard InChI is InChI=1S/C13H14N2O4/c16-12(13(17)14-8-2-1-3-9-14)10-4-6-11(7-5-10)15(18)19/h4-7H,1-3,8-9H2. The second-order valence-electron chi connectivity index (χ2n) is 4.49. The molecule has 0 aromatic heterocycles. The molecule has 0 radical (unpaired) electrons. The van der Waals surface area contributed by atoms with Gasteiger partial charge in [-0.2, -0.15) is 0 Å². The molecule has 1 saturated heterocycles. The molecular weight excluding hydrogens is 248 g/mol. The Morgan fingerprint density at radius 2 is 1.63 bits per heavy atom. The minimum Gasteiger partial charge on any atom is -0.336 e. The number of benzene rings is 1. The fourth-order valence-electron chi connectivity index (χ4n) is 2.10. The number of hydrogen-bond donors (Lipinski definition) is 0. The highest BCUT2D eigenvalue weighted by atomic mass is 16.6. The van der Waals surface area contributed by atoms with Crippen LogP contribution in [-0.4, -0.2) is 34.6 Å². The second-order valence-corrected chi connectivity index (χ2v) is 4.49. The number of ketones is 1. The minimum atomic E-state index is -0.600. The van der Waals surface area contributed by atoms with Crippen molar-refractivity contribution in [1.82, 2.24) is 4.90 Å². The van der Waals surface area contributed by atoms with Crippen LogP contribution in [0.15, 0.2) is 24.3 Å². The predicted molar refractivity (Wildman–Crippen MR) is 67.9 cm³/mol. The number of carbonyl (C=O) groups excluding carboxylic acids is 2. The van der Waals surface area contributed by atoms with Crippen LogP contribution in [0.5, 0.6) is 0 Å². The number of likely N-dealkylation sites (tertiary alicyclic amines) is 1. The topological polar surface area (TPSA) is 80.5 Å². The predicted octanol–water partition coefficient (Wildman–Crippen LogP) is 1.79. The van der Waals surface area contributed by atoms with E-state index >= 15 is 0 Å². The van der Waals surface area contributed by atoms with Crippen molar-refractivity contribution in [3.8, 4) is 0 Å². The van der Waals surface area contributed by atoms with Crippen LogP contribution in [0, 0.1) is 10.1 Å². The molecule has 1 heterocycles. The Morgan fingerprint density at radius 3 is 2.16 bits per heavy atom. The van der Waals surface area contributed by atoms with E-state index in [4.69, 9.17) is 0 Å². The van der Waals surface area contributed by atoms with Gasteiger partial charge in [-0.25, -0.2) is 0 Å². The SMILES string of the molecule is O=C(C(=O)N1CCCCC1)c1ccc([N+](=O)[O-])cc1. The zero-order chi connectivity index (χ0) is 13.8. The summed E-state index contributed by atoms with van der Waals surface area (Å²) in [6.07, 6.45) is 2.91. The Kier molecular flexibility index (Phi) is 3.89. The molecule has 6 heteroatoms. The molecule has 0 N–H and O–H groups in total. The van der Waals surface area contributed by atoms with E-state index in [2.05, 4.69) is 0 Å². The molecule has 6 nitrogen and oxygen atoms in total. The van der Waals surface area contributed by atoms with Gasteiger partial charge in [0.05, 0.1) is 4.92 Å². The van der Waals surface area contributed by atoms with Crippen molar-refractivity contribution in [1.29, 1.82) is 0 Å². The van der Waals surface area contributed by atoms with Gasteiger partial charge < -0.3 is 4.90 Å². The van der Waals surface area contributed by atoms with Crippen LogP contribution < -0.4 is 0 Å². The first-order chi connectivity index (χ1) is 9.09. The van der Waals surface area contributed by atoms with Gasteiger partial charge in [-0.05, 0) is 31.4 Å². The van der Waals surface area contributed by atoms with Crippen LogP contribution in [0.4, 0.5) is 5.69 Å². The summed E-state index contributed by atoms with van der Waals surface area (Å²) in [6.45, 7) is 1.22. The summed E-state index contributed by atoms with van der Waals surface area (Å²) in [5.41, 5.74) is 0.100. The van der Waals surface area contributed by atoms with Crippen molar-refractivity contribution < 1.29 is 14.5 Å². The van der Waals surface area contributed by atoms with Crippen molar-refractivity contribution in [2.45, 2.75) is 19.3 Å². The fraction of sp³-hybridized carbons (Fsp3) is 0.385. The van der Waals surface area contributed by atoms with E-state index in [0.717, 1.165) is 19.3 Å². The highest BCUT2D eigenvalue weighted by Crippen LogP contribution is 2.15. The Balaban J connectivity index is 2.10. The van der Waals surface area contributed by atoms with Gasteiger partial charge in [0.25, 0.3) is 11.6 Å². The summed E-state index contributed by atoms with van der Waals surface area (Å²) >= 11 is 0. The number of non-ortho nitro benzene ring substituents is 1. The largest absolute Gasteiger partial charge is 0.336 e. The highest BCUT2D eigenvalue weighted by molar-refractivity contribution is 6.42. The van der Waals surface area contributed by atoms with E-state index in [1.165, 1.54) is 24.3 Å². The quantitative estimate of drug-likeness (QED) is 0.360. The molecule has 1 fully saturated rings. The number of carbonyl (C=O) groups is 2. The molecule has 1 aromatic carbocycles. The number of nitro groups is 1. The number of nitro benzene ring substituents is 1. The third-order valence-electron chi connectivity index (χ3n) is 3.18. The molecule has 0 spiro atoms. The van der Waals surface area contributed by atoms with Crippen molar-refractivity contribution in [2.75, 3.05) is 13.1 Å². The van der Waals surface area contributed by atoms with E-state index < -0.39 is 16.6 Å². The van der Waals surface area contributed by atoms with Gasteiger partial charge in [-0.15, -0.1) is 0 Å². The number of piperidine rings is 1. The van der Waals surface area contributed by atoms with E-state index in [-0.39, 0.29) is 11.3 Å². The zero-order valence-corrected chi connectivity index (χ0v) is 10.4. The van der Waals surface area contributed by atoms with Crippen LogP contribution in [0.3, 0.4) is 0 Å². The van der Waals surface area contributed by atoms with Crippen LogP contribution >= 0.6 is 0 Å². The lowest BCUT2D eigenvalue weighted by Gasteiger charge is -2.25. The molecule has 0 atom stereocenters. The molecule has 1 amide bonds. The van der Waals surface area contributed by atoms with Gasteiger partial charge in [0.2, 0.25) is 5.78 Å². The number of rotatable bonds is 3. The highest BCUT2D eigenvalue weighted by Gasteiger charge is 2.24. The summed E-state index contributed by atoms with van der Waals surface area (Å²) in [7, 11) is 0. The van der Waals surface area contributed by atoms with Crippen molar-refractivity contribution in [3.63, 3.8) is 0 Å². The van der Waals surface area contributed by atoms with Gasteiger partial charge in [-0.1, -0.05) is 0 Å². The van der Waals surface area contributed by atoms with Gasteiger partial charge in [0.1, 0.15) is 0 Å². The fourth-order valence-corrected chi connectivity index (χ4v) is 2.10. The molecule has 0 unspecified atom stereocenters. The monoisotopic (exact) mass is 262 g/mol. The van der Waals surface area contributed by atoms with Crippen LogP contribution in [0.1, 0.15) is 29.6 Å². The molecule has 0 aliphatic carbocycles. The molecular formula is C13H14N2O4. The lowest BCUT2D eigenvalue weighted by Crippen LogP contribution is -2.40. The maximum absolute atomic E-state index is 12.0. The maximum Gasteiger partial charge on any atom is 0.294 e. The summed E-state index contributed by atoms with van der Waals surface area (Å²) in [5, 5.41) is 10.5. The summed E-state index contributed by atoms with van der Waals surface area (Å²) in [6, 6.07) is 5.11. The number of amides is 1. The van der Waals surface area contributed by atoms with Crippen LogP contribution in [0.25, 0.3) is 0 Å². The number of nitrogens with zero attached hydrogens (tertiary/aromatic N) is 2. The van der Waals surface area contributed by atoms with Gasteiger partial charge in [0.15, 0.2) is 0 Å². The Bertz CT molecular complexity index is 504. The Morgan fingerprint density at radius 1 is 1.05 bits per heavy atom. The molecule has 2 rings (SSSR count). The van der Waals surface area contributed by atoms with Crippen molar-refractivity contribution in [3.05, 3.63) is 39.9 Å². The van der Waals surface area contributed by atoms with Gasteiger partial charge >= 0.3 is 0 Å². The first kappa shape index (κ1) is 13.2. The third kappa shape index (κ3) is 2.96. The third-order valence-corrected chi connectivity index (χ3v) is 3.18. The minimum absolute atomic E-state index is 0.0954. The molecule has 19 heavy (non-hydrogen) atoms. The van der Waals surface area contributed by atoms with E-state index in [9.17, 15) is 19.7 Å². The smallest absolute Gasteiger partial charge is 0.294 e. The van der Waals surface area contributed by atoms with Gasteiger partial charge in [0, 0.05) is 30.8 Å². The zero-order valence-electron chi connectivity index (χ0n) is 10.4. The van der Waals surface area contributed by atoms with Crippen molar-refractivity contribution in [2.24, 2.45) is 0 Å². The second kappa shape index (κ2) is 5.60. The molecule has 1 aliphatic heterocycles. The summed E-state index contributed by atoms with van der Waals surface area (Å²) in [4.78, 5) is 35.4. The van der Waals surface area contributed by atoms with Gasteiger partial charge in [-0.3, -0.25) is 19.7 Å². The van der Waals surface area contributed by atoms with Crippen LogP contribution in [-0.2, 0) is 4.79 Å². The first-order valence-corrected chi connectivity index (χ1v) is 6.17. The molecule has 100 valence electrons. The van der Waals surface area contributed by atoms with Crippen molar-refractivity contribution >= 4 is 17.4 Å². The van der Waals surface area contributed by atoms with E-state index in [0.29, 0.717) is 13.1 Å². The molecule has 1 aromatic rings. The average Bonchev–Trinajstić information content (AvgIpc) is 2.46. The normalized spacial score (nSPS) is 15.1. The Labute approximate surface area is 110 Å². The number of hydrogen-bond acceptors (Lipinski definition) is 4.